The van der Waals surface area contributed by atoms with Crippen LogP contribution in [-0.2, 0) is 11.3 Å². The molecular formula is C24H17F4N3O2S. The molecule has 1 aromatic heterocycles. The third kappa shape index (κ3) is 4.02. The molecule has 1 spiro atoms. The Morgan fingerprint density at radius 3 is 2.26 bits per heavy atom. The van der Waals surface area contributed by atoms with Gasteiger partial charge in [-0.05, 0) is 78.2 Å². The highest BCUT2D eigenvalue weighted by molar-refractivity contribution is 8.00. The molecule has 3 amide bonds. The quantitative estimate of drug-likeness (QED) is 0.252. The minimum Gasteiger partial charge on any atom is -0.305 e. The number of nitrogens with zero attached hydrogens (tertiary/aromatic N) is 3. The predicted octanol–water partition coefficient (Wildman–Crippen LogP) is 6.00. The van der Waals surface area contributed by atoms with Gasteiger partial charge in [-0.25, -0.2) is 14.1 Å². The lowest BCUT2D eigenvalue weighted by Crippen LogP contribution is -2.36. The first-order valence-electron chi connectivity index (χ1n) is 10.4. The Hall–Kier alpha value is -3.40. The van der Waals surface area contributed by atoms with Crippen molar-refractivity contribution in [1.82, 2.24) is 9.88 Å². The zero-order chi connectivity index (χ0) is 24.1. The third-order valence-corrected chi connectivity index (χ3v) is 6.73. The number of hydrogen-bond donors (Lipinski definition) is 0. The summed E-state index contributed by atoms with van der Waals surface area (Å²) in [6.45, 7) is 0.137. The van der Waals surface area contributed by atoms with Gasteiger partial charge in [0.2, 0.25) is 0 Å². The summed E-state index contributed by atoms with van der Waals surface area (Å²) in [6.07, 6.45) is 4.22. The molecule has 1 saturated heterocycles. The number of benzene rings is 2. The number of imide groups is 1. The van der Waals surface area contributed by atoms with Crippen molar-refractivity contribution in [2.24, 2.45) is 0 Å². The zero-order valence-electron chi connectivity index (χ0n) is 17.6. The second-order valence-corrected chi connectivity index (χ2v) is 9.26. The number of thioether (sulfide) groups is 1. The molecule has 2 aromatic carbocycles. The van der Waals surface area contributed by atoms with Gasteiger partial charge in [0, 0.05) is 29.4 Å². The van der Waals surface area contributed by atoms with Gasteiger partial charge in [-0.3, -0.25) is 9.78 Å². The van der Waals surface area contributed by atoms with Crippen LogP contribution in [0.5, 0.6) is 0 Å². The summed E-state index contributed by atoms with van der Waals surface area (Å²) >= 11 is -0.260. The van der Waals surface area contributed by atoms with Crippen molar-refractivity contribution in [2.75, 3.05) is 4.90 Å². The molecule has 1 saturated carbocycles. The molecule has 5 nitrogen and oxygen atoms in total. The highest BCUT2D eigenvalue weighted by Gasteiger charge is 2.65. The van der Waals surface area contributed by atoms with Gasteiger partial charge in [0.05, 0.1) is 5.69 Å². The highest BCUT2D eigenvalue weighted by atomic mass is 32.2. The van der Waals surface area contributed by atoms with Gasteiger partial charge in [-0.1, -0.05) is 12.1 Å². The fourth-order valence-electron chi connectivity index (χ4n) is 4.18. The molecule has 174 valence electrons. The fourth-order valence-corrected chi connectivity index (χ4v) is 4.72. The maximum atomic E-state index is 13.4. The van der Waals surface area contributed by atoms with Crippen LogP contribution in [0.15, 0.2) is 71.9 Å². The average molecular weight is 487 g/mol. The minimum absolute atomic E-state index is 0.0333. The van der Waals surface area contributed by atoms with E-state index in [2.05, 4.69) is 4.98 Å². The zero-order valence-corrected chi connectivity index (χ0v) is 18.4. The number of alkyl halides is 3. The summed E-state index contributed by atoms with van der Waals surface area (Å²) < 4.78 is 51.3. The first-order chi connectivity index (χ1) is 16.2. The number of hydrogen-bond acceptors (Lipinski definition) is 4. The predicted molar refractivity (Wildman–Crippen MR) is 118 cm³/mol. The van der Waals surface area contributed by atoms with Gasteiger partial charge < -0.3 is 4.90 Å². The summed E-state index contributed by atoms with van der Waals surface area (Å²) in [5.74, 6) is -0.757. The molecule has 0 unspecified atom stereocenters. The molecular weight excluding hydrogens is 470 g/mol. The fraction of sp³-hybridized carbons (Fsp3) is 0.208. The van der Waals surface area contributed by atoms with E-state index in [1.165, 1.54) is 41.3 Å². The average Bonchev–Trinajstić information content (AvgIpc) is 3.57. The maximum absolute atomic E-state index is 13.4. The van der Waals surface area contributed by atoms with Crippen LogP contribution in [0, 0.1) is 5.82 Å². The molecule has 3 aromatic rings. The normalized spacial score (nSPS) is 17.1. The van der Waals surface area contributed by atoms with Gasteiger partial charge >= 0.3 is 11.5 Å². The van der Waals surface area contributed by atoms with E-state index >= 15 is 0 Å². The van der Waals surface area contributed by atoms with Crippen molar-refractivity contribution in [3.63, 3.8) is 0 Å². The summed E-state index contributed by atoms with van der Waals surface area (Å²) in [6, 6.07) is 12.3. The summed E-state index contributed by atoms with van der Waals surface area (Å²) in [7, 11) is 0. The number of pyridine rings is 1. The number of anilines is 1. The smallest absolute Gasteiger partial charge is 0.305 e. The van der Waals surface area contributed by atoms with Gasteiger partial charge in [0.25, 0.3) is 5.91 Å². The lowest BCUT2D eigenvalue weighted by molar-refractivity contribution is -0.120. The second-order valence-electron chi connectivity index (χ2n) is 8.12. The maximum Gasteiger partial charge on any atom is 0.446 e. The Morgan fingerprint density at radius 1 is 0.971 bits per heavy atom. The number of amides is 3. The molecule has 1 aliphatic heterocycles. The monoisotopic (exact) mass is 487 g/mol. The Kier molecular flexibility index (Phi) is 5.35. The molecule has 0 N–H and O–H groups in total. The standard InChI is InChI=1S/C24H17F4N3O2S/c25-17-3-1-15(2-4-17)20-13-29-12-9-16(20)14-30-22(33)31(21(32)23(30)10-11-23)18-5-7-19(8-6-18)34-24(26,27)28/h1-9,12-13H,10-11,14H2. The van der Waals surface area contributed by atoms with E-state index in [-0.39, 0.29) is 40.6 Å². The molecule has 10 heteroatoms. The first-order valence-corrected chi connectivity index (χ1v) is 11.2. The number of urea groups is 1. The van der Waals surface area contributed by atoms with E-state index in [0.717, 1.165) is 16.0 Å². The van der Waals surface area contributed by atoms with Crippen molar-refractivity contribution in [3.05, 3.63) is 78.4 Å². The molecule has 5 rings (SSSR count). The molecule has 0 atom stereocenters. The number of carbonyl (C=O) groups excluding carboxylic acids is 2. The Bertz CT molecular complexity index is 1260. The molecule has 34 heavy (non-hydrogen) atoms. The van der Waals surface area contributed by atoms with E-state index < -0.39 is 17.1 Å². The Morgan fingerprint density at radius 2 is 1.65 bits per heavy atom. The van der Waals surface area contributed by atoms with Crippen molar-refractivity contribution in [3.8, 4) is 11.1 Å². The first kappa shape index (κ1) is 22.4. The van der Waals surface area contributed by atoms with E-state index in [1.807, 2.05) is 0 Å². The van der Waals surface area contributed by atoms with Gasteiger partial charge in [0.15, 0.2) is 0 Å². The van der Waals surface area contributed by atoms with Crippen molar-refractivity contribution in [1.29, 1.82) is 0 Å². The molecule has 1 aliphatic carbocycles. The number of halogens is 4. The van der Waals surface area contributed by atoms with E-state index in [0.29, 0.717) is 18.4 Å². The van der Waals surface area contributed by atoms with E-state index in [1.54, 1.807) is 30.6 Å². The molecule has 2 fully saturated rings. The van der Waals surface area contributed by atoms with Crippen LogP contribution in [-0.4, -0.2) is 32.9 Å². The second kappa shape index (κ2) is 8.12. The van der Waals surface area contributed by atoms with Crippen LogP contribution in [0.25, 0.3) is 11.1 Å². The van der Waals surface area contributed by atoms with Gasteiger partial charge in [0.1, 0.15) is 11.4 Å². The lowest BCUT2D eigenvalue weighted by atomic mass is 10.0. The molecule has 2 aliphatic rings. The lowest BCUT2D eigenvalue weighted by Gasteiger charge is -2.22. The molecule has 2 heterocycles. The summed E-state index contributed by atoms with van der Waals surface area (Å²) in [4.78, 5) is 33.3. The number of aromatic nitrogens is 1. The van der Waals surface area contributed by atoms with Crippen LogP contribution in [0.4, 0.5) is 28.0 Å². The summed E-state index contributed by atoms with van der Waals surface area (Å²) in [5, 5.41) is 0. The van der Waals surface area contributed by atoms with Gasteiger partial charge in [-0.2, -0.15) is 13.2 Å². The summed E-state index contributed by atoms with van der Waals surface area (Å²) in [5.41, 5.74) is -2.98. The molecule has 0 bridgehead atoms. The Balaban J connectivity index is 1.43. The largest absolute Gasteiger partial charge is 0.446 e. The van der Waals surface area contributed by atoms with Crippen LogP contribution in [0.2, 0.25) is 0 Å². The molecule has 0 radical (unpaired) electrons. The van der Waals surface area contributed by atoms with Crippen LogP contribution < -0.4 is 4.90 Å². The van der Waals surface area contributed by atoms with Crippen molar-refractivity contribution in [2.45, 2.75) is 35.3 Å². The number of rotatable bonds is 5. The van der Waals surface area contributed by atoms with Crippen LogP contribution >= 0.6 is 11.8 Å². The third-order valence-electron chi connectivity index (χ3n) is 5.99. The van der Waals surface area contributed by atoms with Crippen molar-refractivity contribution < 1.29 is 27.2 Å². The van der Waals surface area contributed by atoms with Crippen molar-refractivity contribution >= 4 is 29.4 Å². The number of carbonyl (C=O) groups is 2. The minimum atomic E-state index is -4.43. The van der Waals surface area contributed by atoms with Crippen LogP contribution in [0.1, 0.15) is 18.4 Å². The van der Waals surface area contributed by atoms with E-state index in [9.17, 15) is 27.2 Å². The van der Waals surface area contributed by atoms with Gasteiger partial charge in [-0.15, -0.1) is 0 Å². The Labute approximate surface area is 196 Å². The highest BCUT2D eigenvalue weighted by Crippen LogP contribution is 2.50. The van der Waals surface area contributed by atoms with Crippen LogP contribution in [0.3, 0.4) is 0 Å². The topological polar surface area (TPSA) is 53.5 Å². The SMILES string of the molecule is O=C1N(c2ccc(SC(F)(F)F)cc2)C(=O)C2(CC2)N1Cc1ccncc1-c1ccc(F)cc1. The van der Waals surface area contributed by atoms with E-state index in [4.69, 9.17) is 0 Å².